The molecule has 1 amide bonds. The molecule has 5 rings (SSSR count). The quantitative estimate of drug-likeness (QED) is 0.232. The Kier molecular flexibility index (Phi) is 9.03. The highest BCUT2D eigenvalue weighted by molar-refractivity contribution is 6.32. The topological polar surface area (TPSA) is 58.9 Å². The Hall–Kier alpha value is -3.50. The third-order valence-corrected chi connectivity index (χ3v) is 7.47. The van der Waals surface area contributed by atoms with E-state index >= 15 is 4.39 Å². The highest BCUT2D eigenvalue weighted by Crippen LogP contribution is 2.36. The Morgan fingerprint density at radius 3 is 2.54 bits per heavy atom. The largest absolute Gasteiger partial charge is 0.573 e. The van der Waals surface area contributed by atoms with Crippen LogP contribution in [0.3, 0.4) is 0 Å². The third-order valence-electron chi connectivity index (χ3n) is 7.21. The maximum Gasteiger partial charge on any atom is 0.573 e. The first-order valence-corrected chi connectivity index (χ1v) is 13.2. The molecule has 0 spiro atoms. The zero-order valence-corrected chi connectivity index (χ0v) is 23.8. The van der Waals surface area contributed by atoms with Crippen LogP contribution in [0.25, 0.3) is 5.65 Å². The van der Waals surface area contributed by atoms with E-state index in [1.165, 1.54) is 18.2 Å². The predicted molar refractivity (Wildman–Crippen MR) is 152 cm³/mol. The summed E-state index contributed by atoms with van der Waals surface area (Å²) in [6.45, 7) is 5.26. The van der Waals surface area contributed by atoms with Crippen LogP contribution in [0.1, 0.15) is 46.4 Å². The lowest BCUT2D eigenvalue weighted by atomic mass is 9.81. The molecule has 1 N–H and O–H groups in total. The summed E-state index contributed by atoms with van der Waals surface area (Å²) in [5.41, 5.74) is 3.76. The van der Waals surface area contributed by atoms with Gasteiger partial charge in [-0.1, -0.05) is 36.7 Å². The van der Waals surface area contributed by atoms with Gasteiger partial charge in [-0.15, -0.1) is 25.6 Å². The molecule has 2 aromatic heterocycles. The smallest absolute Gasteiger partial charge is 0.406 e. The van der Waals surface area contributed by atoms with Crippen LogP contribution in [-0.2, 0) is 6.54 Å². The Morgan fingerprint density at radius 1 is 1.15 bits per heavy atom. The summed E-state index contributed by atoms with van der Waals surface area (Å²) in [6.07, 6.45) is -2.28. The number of carbonyl (C=O) groups is 1. The molecule has 1 saturated heterocycles. The van der Waals surface area contributed by atoms with Gasteiger partial charge < -0.3 is 15.0 Å². The minimum Gasteiger partial charge on any atom is -0.406 e. The number of nitrogens with zero attached hydrogens (tertiary/aromatic N) is 3. The van der Waals surface area contributed by atoms with E-state index in [0.717, 1.165) is 17.5 Å². The van der Waals surface area contributed by atoms with Crippen molar-refractivity contribution in [3.63, 3.8) is 0 Å². The number of fused-ring (bicyclic) bond motifs is 1. The molecule has 6 nitrogen and oxygen atoms in total. The normalized spacial score (nSPS) is 17.3. The fraction of sp³-hybridized carbons (Fsp3) is 0.310. The van der Waals surface area contributed by atoms with Gasteiger partial charge in [-0.2, -0.15) is 0 Å². The van der Waals surface area contributed by atoms with Crippen molar-refractivity contribution in [2.75, 3.05) is 18.0 Å². The van der Waals surface area contributed by atoms with Crippen molar-refractivity contribution in [1.29, 1.82) is 0 Å². The fourth-order valence-corrected chi connectivity index (χ4v) is 5.54. The Labute approximate surface area is 245 Å². The second kappa shape index (κ2) is 12.2. The number of nitrogens with one attached hydrogen (secondary N) is 1. The maximum absolute atomic E-state index is 15.2. The number of carbonyl (C=O) groups excluding carboxylic acids is 1. The van der Waals surface area contributed by atoms with E-state index in [-0.39, 0.29) is 47.4 Å². The Balaban J connectivity index is 0.00000387. The molecule has 12 heteroatoms. The number of alkyl halides is 3. The van der Waals surface area contributed by atoms with Crippen molar-refractivity contribution < 1.29 is 27.1 Å². The molecule has 0 bridgehead atoms. The maximum atomic E-state index is 15.2. The molecule has 218 valence electrons. The molecule has 0 aliphatic carbocycles. The van der Waals surface area contributed by atoms with E-state index in [1.807, 2.05) is 30.9 Å². The summed E-state index contributed by atoms with van der Waals surface area (Å²) in [4.78, 5) is 19.0. The fourth-order valence-electron chi connectivity index (χ4n) is 5.28. The molecule has 1 aliphatic rings. The standard InChI is InChI=1S/C29H27ClF4N4O2.ClH/c1-17-9-12-38-25(13-17)36-27(30)26(38)28(39)35-15-19-3-8-24(23(31)14-19)37-11-10-22(18(2)16-37)20-4-6-21(7-5-20)40-29(32,33)34;/h3-9,12-14,18,22H,10-11,15-16H2,1-2H3,(H,35,39);1H/t18-,22?;/m0./s1. The van der Waals surface area contributed by atoms with Crippen molar-refractivity contribution in [3.05, 3.63) is 94.1 Å². The first-order chi connectivity index (χ1) is 19.0. The predicted octanol–water partition coefficient (Wildman–Crippen LogP) is 7.32. The lowest BCUT2D eigenvalue weighted by Gasteiger charge is -2.38. The molecular weight excluding hydrogens is 583 g/mol. The van der Waals surface area contributed by atoms with Gasteiger partial charge in [0.1, 0.15) is 17.2 Å². The van der Waals surface area contributed by atoms with Crippen molar-refractivity contribution in [3.8, 4) is 5.75 Å². The van der Waals surface area contributed by atoms with Crippen molar-refractivity contribution in [1.82, 2.24) is 14.7 Å². The second-order valence-electron chi connectivity index (χ2n) is 10.1. The zero-order chi connectivity index (χ0) is 28.6. The molecule has 2 atom stereocenters. The summed E-state index contributed by atoms with van der Waals surface area (Å²) in [7, 11) is 0. The van der Waals surface area contributed by atoms with Crippen LogP contribution in [0.5, 0.6) is 5.75 Å². The van der Waals surface area contributed by atoms with Gasteiger partial charge >= 0.3 is 6.36 Å². The van der Waals surface area contributed by atoms with Crippen molar-refractivity contribution in [2.24, 2.45) is 5.92 Å². The van der Waals surface area contributed by atoms with Gasteiger partial charge in [-0.3, -0.25) is 9.20 Å². The van der Waals surface area contributed by atoms with Crippen LogP contribution in [0.15, 0.2) is 60.8 Å². The van der Waals surface area contributed by atoms with Gasteiger partial charge in [0.25, 0.3) is 5.91 Å². The molecule has 41 heavy (non-hydrogen) atoms. The highest BCUT2D eigenvalue weighted by atomic mass is 35.5. The van der Waals surface area contributed by atoms with Crippen LogP contribution < -0.4 is 15.0 Å². The average molecular weight is 611 g/mol. The zero-order valence-electron chi connectivity index (χ0n) is 22.2. The SMILES string of the molecule is Cc1ccn2c(C(=O)NCc3ccc(N4CCC(c5ccc(OC(F)(F)F)cc5)[C@@H](C)C4)c(F)c3)c(Cl)nc2c1.Cl. The number of aromatic nitrogens is 2. The molecule has 1 aliphatic heterocycles. The van der Waals surface area contributed by atoms with Crippen LogP contribution in [-0.4, -0.2) is 34.7 Å². The first kappa shape index (κ1) is 30.5. The van der Waals surface area contributed by atoms with Gasteiger partial charge in [0.2, 0.25) is 0 Å². The van der Waals surface area contributed by atoms with Gasteiger partial charge in [0.15, 0.2) is 10.8 Å². The van der Waals surface area contributed by atoms with E-state index < -0.39 is 18.1 Å². The number of halogens is 6. The van der Waals surface area contributed by atoms with Crippen LogP contribution in [0.4, 0.5) is 23.2 Å². The first-order valence-electron chi connectivity index (χ1n) is 12.8. The number of rotatable bonds is 6. The molecule has 0 saturated carbocycles. The molecular formula is C29H28Cl2F4N4O2. The lowest BCUT2D eigenvalue weighted by molar-refractivity contribution is -0.274. The number of piperidine rings is 1. The minimum atomic E-state index is -4.73. The minimum absolute atomic E-state index is 0. The van der Waals surface area contributed by atoms with E-state index in [4.69, 9.17) is 11.6 Å². The van der Waals surface area contributed by atoms with Crippen molar-refractivity contribution >= 4 is 41.2 Å². The number of pyridine rings is 1. The van der Waals surface area contributed by atoms with E-state index in [2.05, 4.69) is 15.0 Å². The average Bonchev–Trinajstić information content (AvgIpc) is 3.21. The van der Waals surface area contributed by atoms with Gasteiger partial charge in [0, 0.05) is 25.8 Å². The number of amides is 1. The number of hydrogen-bond donors (Lipinski definition) is 1. The Bertz CT molecular complexity index is 1540. The molecule has 0 radical (unpaired) electrons. The third kappa shape index (κ3) is 6.87. The van der Waals surface area contributed by atoms with E-state index in [1.54, 1.807) is 34.9 Å². The van der Waals surface area contributed by atoms with Gasteiger partial charge in [0.05, 0.1) is 5.69 Å². The van der Waals surface area contributed by atoms with Crippen molar-refractivity contribution in [2.45, 2.75) is 39.1 Å². The van der Waals surface area contributed by atoms with Crippen LogP contribution >= 0.6 is 24.0 Å². The molecule has 2 aromatic carbocycles. The monoisotopic (exact) mass is 610 g/mol. The van der Waals surface area contributed by atoms with Crippen LogP contribution in [0, 0.1) is 18.7 Å². The summed E-state index contributed by atoms with van der Waals surface area (Å²) >= 11 is 6.21. The second-order valence-corrected chi connectivity index (χ2v) is 10.4. The number of anilines is 1. The van der Waals surface area contributed by atoms with E-state index in [0.29, 0.717) is 30.0 Å². The van der Waals surface area contributed by atoms with Gasteiger partial charge in [-0.05, 0) is 78.3 Å². The number of imidazole rings is 1. The summed E-state index contributed by atoms with van der Waals surface area (Å²) < 4.78 is 58.1. The van der Waals surface area contributed by atoms with Crippen LogP contribution in [0.2, 0.25) is 5.15 Å². The molecule has 4 aromatic rings. The summed E-state index contributed by atoms with van der Waals surface area (Å²) in [5, 5.41) is 2.88. The Morgan fingerprint density at radius 2 is 1.88 bits per heavy atom. The number of ether oxygens (including phenoxy) is 1. The number of aryl methyl sites for hydroxylation is 1. The summed E-state index contributed by atoms with van der Waals surface area (Å²) in [5.74, 6) is -0.796. The lowest BCUT2D eigenvalue weighted by Crippen LogP contribution is -2.39. The number of benzene rings is 2. The van der Waals surface area contributed by atoms with Gasteiger partial charge in [-0.25, -0.2) is 9.37 Å². The number of hydrogen-bond acceptors (Lipinski definition) is 4. The molecule has 3 heterocycles. The van der Waals surface area contributed by atoms with E-state index in [9.17, 15) is 18.0 Å². The highest BCUT2D eigenvalue weighted by Gasteiger charge is 2.32. The molecule has 1 fully saturated rings. The molecule has 1 unspecified atom stereocenters. The summed E-state index contributed by atoms with van der Waals surface area (Å²) in [6, 6.07) is 14.5.